The Morgan fingerprint density at radius 1 is 1.07 bits per heavy atom. The first-order valence-electron chi connectivity index (χ1n) is 15.6. The SMILES string of the molecule is CCC1(C(=O)N2CCC(c3cc(OC)c(Nc4nc(Nc5ccccc5S(=O)(=O)C(C)C)n5nccc5n4)cc3C)CC2)CC1. The minimum Gasteiger partial charge on any atom is -0.495 e. The number of fused-ring (bicyclic) bond motifs is 1. The van der Waals surface area contributed by atoms with Crippen molar-refractivity contribution in [3.05, 3.63) is 59.8 Å². The first-order valence-corrected chi connectivity index (χ1v) is 17.2. The highest BCUT2D eigenvalue weighted by molar-refractivity contribution is 7.92. The molecule has 3 heterocycles. The number of rotatable bonds is 10. The molecular weight excluding hydrogens is 590 g/mol. The second kappa shape index (κ2) is 12.0. The molecule has 11 nitrogen and oxygen atoms in total. The number of para-hydroxylation sites is 1. The zero-order valence-electron chi connectivity index (χ0n) is 26.5. The van der Waals surface area contributed by atoms with Gasteiger partial charge in [-0.2, -0.15) is 19.6 Å². The molecule has 2 N–H and O–H groups in total. The Balaban J connectivity index is 1.25. The number of anilines is 4. The van der Waals surface area contributed by atoms with Gasteiger partial charge in [-0.15, -0.1) is 0 Å². The van der Waals surface area contributed by atoms with Gasteiger partial charge in [-0.25, -0.2) is 8.42 Å². The Labute approximate surface area is 264 Å². The number of piperidine rings is 1. The fourth-order valence-corrected chi connectivity index (χ4v) is 7.49. The molecule has 2 aromatic carbocycles. The van der Waals surface area contributed by atoms with Crippen molar-refractivity contribution in [2.45, 2.75) is 75.9 Å². The van der Waals surface area contributed by atoms with E-state index in [1.54, 1.807) is 57.5 Å². The summed E-state index contributed by atoms with van der Waals surface area (Å²) in [6, 6.07) is 12.6. The summed E-state index contributed by atoms with van der Waals surface area (Å²) < 4.78 is 33.5. The summed E-state index contributed by atoms with van der Waals surface area (Å²) in [7, 11) is -1.91. The van der Waals surface area contributed by atoms with Crippen molar-refractivity contribution in [1.82, 2.24) is 24.5 Å². The number of hydrogen-bond donors (Lipinski definition) is 2. The van der Waals surface area contributed by atoms with Crippen LogP contribution >= 0.6 is 0 Å². The number of ether oxygens (including phenoxy) is 1. The molecule has 0 atom stereocenters. The quantitative estimate of drug-likeness (QED) is 0.216. The van der Waals surface area contributed by atoms with Crippen molar-refractivity contribution >= 4 is 44.7 Å². The average molecular weight is 632 g/mol. The third-order valence-electron chi connectivity index (χ3n) is 9.36. The highest BCUT2D eigenvalue weighted by atomic mass is 32.2. The van der Waals surface area contributed by atoms with Gasteiger partial charge in [0, 0.05) is 24.6 Å². The maximum Gasteiger partial charge on any atom is 0.233 e. The van der Waals surface area contributed by atoms with E-state index in [1.807, 2.05) is 6.07 Å². The van der Waals surface area contributed by atoms with Crippen molar-refractivity contribution < 1.29 is 17.9 Å². The molecule has 238 valence electrons. The molecule has 2 aromatic heterocycles. The van der Waals surface area contributed by atoms with Gasteiger partial charge >= 0.3 is 0 Å². The maximum atomic E-state index is 13.1. The van der Waals surface area contributed by atoms with Gasteiger partial charge in [0.1, 0.15) is 5.75 Å². The molecule has 1 saturated heterocycles. The van der Waals surface area contributed by atoms with Gasteiger partial charge in [-0.05, 0) is 94.2 Å². The molecule has 0 unspecified atom stereocenters. The van der Waals surface area contributed by atoms with E-state index in [4.69, 9.17) is 4.74 Å². The molecule has 1 amide bonds. The lowest BCUT2D eigenvalue weighted by atomic mass is 9.85. The minimum absolute atomic E-state index is 0.0914. The van der Waals surface area contributed by atoms with Crippen molar-refractivity contribution in [2.75, 3.05) is 30.8 Å². The molecule has 1 saturated carbocycles. The summed E-state index contributed by atoms with van der Waals surface area (Å²) in [4.78, 5) is 24.6. The highest BCUT2D eigenvalue weighted by Crippen LogP contribution is 2.50. The van der Waals surface area contributed by atoms with Crippen LogP contribution in [0.2, 0.25) is 0 Å². The van der Waals surface area contributed by atoms with E-state index in [0.29, 0.717) is 46.5 Å². The Morgan fingerprint density at radius 3 is 2.47 bits per heavy atom. The molecule has 45 heavy (non-hydrogen) atoms. The second-order valence-electron chi connectivity index (χ2n) is 12.4. The Hall–Kier alpha value is -4.19. The smallest absolute Gasteiger partial charge is 0.233 e. The predicted octanol–water partition coefficient (Wildman–Crippen LogP) is 6.01. The molecule has 1 aliphatic heterocycles. The molecule has 0 bridgehead atoms. The van der Waals surface area contributed by atoms with Gasteiger partial charge < -0.3 is 20.3 Å². The van der Waals surface area contributed by atoms with E-state index in [9.17, 15) is 13.2 Å². The number of amides is 1. The van der Waals surface area contributed by atoms with Crippen LogP contribution < -0.4 is 15.4 Å². The summed E-state index contributed by atoms with van der Waals surface area (Å²) in [5.74, 6) is 1.95. The van der Waals surface area contributed by atoms with Gasteiger partial charge in [0.15, 0.2) is 15.5 Å². The van der Waals surface area contributed by atoms with Gasteiger partial charge in [0.25, 0.3) is 0 Å². The average Bonchev–Trinajstić information content (AvgIpc) is 3.70. The van der Waals surface area contributed by atoms with Gasteiger partial charge in [0.2, 0.25) is 17.8 Å². The van der Waals surface area contributed by atoms with Crippen LogP contribution in [0.3, 0.4) is 0 Å². The van der Waals surface area contributed by atoms with Crippen LogP contribution in [-0.2, 0) is 14.6 Å². The molecule has 6 rings (SSSR count). The second-order valence-corrected chi connectivity index (χ2v) is 14.9. The molecule has 4 aromatic rings. The molecule has 0 spiro atoms. The minimum atomic E-state index is -3.55. The van der Waals surface area contributed by atoms with Crippen molar-refractivity contribution in [3.8, 4) is 5.75 Å². The number of nitrogens with one attached hydrogen (secondary N) is 2. The molecule has 0 radical (unpaired) electrons. The predicted molar refractivity (Wildman–Crippen MR) is 174 cm³/mol. The maximum absolute atomic E-state index is 13.1. The van der Waals surface area contributed by atoms with Gasteiger partial charge in [-0.1, -0.05) is 19.1 Å². The van der Waals surface area contributed by atoms with Crippen LogP contribution in [0.1, 0.15) is 69.9 Å². The van der Waals surface area contributed by atoms with Crippen LogP contribution in [0.4, 0.5) is 23.3 Å². The third-order valence-corrected chi connectivity index (χ3v) is 11.6. The topological polar surface area (TPSA) is 131 Å². The van der Waals surface area contributed by atoms with Gasteiger partial charge in [0.05, 0.1) is 34.8 Å². The fraction of sp³-hybridized carbons (Fsp3) is 0.455. The molecule has 1 aliphatic carbocycles. The normalized spacial score (nSPS) is 16.6. The number of nitrogens with zero attached hydrogens (tertiary/aromatic N) is 5. The van der Waals surface area contributed by atoms with Crippen molar-refractivity contribution in [1.29, 1.82) is 0 Å². The summed E-state index contributed by atoms with van der Waals surface area (Å²) in [5, 5.41) is 10.3. The van der Waals surface area contributed by atoms with E-state index < -0.39 is 15.1 Å². The van der Waals surface area contributed by atoms with Crippen LogP contribution in [0.25, 0.3) is 5.65 Å². The van der Waals surface area contributed by atoms with E-state index in [1.165, 1.54) is 10.1 Å². The van der Waals surface area contributed by atoms with E-state index >= 15 is 0 Å². The van der Waals surface area contributed by atoms with Crippen LogP contribution in [0.5, 0.6) is 5.75 Å². The van der Waals surface area contributed by atoms with Gasteiger partial charge in [-0.3, -0.25) is 4.79 Å². The summed E-state index contributed by atoms with van der Waals surface area (Å²) >= 11 is 0. The summed E-state index contributed by atoms with van der Waals surface area (Å²) in [6.07, 6.45) is 6.43. The molecule has 12 heteroatoms. The number of carbonyl (C=O) groups is 1. The van der Waals surface area contributed by atoms with E-state index in [2.05, 4.69) is 50.5 Å². The number of likely N-dealkylation sites (tertiary alicyclic amines) is 1. The van der Waals surface area contributed by atoms with Crippen LogP contribution in [0, 0.1) is 12.3 Å². The molecule has 2 fully saturated rings. The zero-order chi connectivity index (χ0) is 31.9. The molecule has 2 aliphatic rings. The summed E-state index contributed by atoms with van der Waals surface area (Å²) in [5.41, 5.74) is 3.89. The Kier molecular flexibility index (Phi) is 8.19. The third kappa shape index (κ3) is 5.83. The standard InChI is InChI=1S/C33H41N7O4S/c1-6-33(14-15-33)30(41)39-17-12-23(13-18-39)24-20-27(44-5)26(19-22(24)4)35-31-37-29-11-16-34-40(29)32(38-31)36-25-9-7-8-10-28(25)45(42,43)21(2)3/h7-11,16,19-21,23H,6,12-15,17-18H2,1-5H3,(H2,35,36,37,38). The molecular formula is C33H41N7O4S. The van der Waals surface area contributed by atoms with E-state index in [-0.39, 0.29) is 10.3 Å². The number of hydrogen-bond acceptors (Lipinski definition) is 9. The lowest BCUT2D eigenvalue weighted by Gasteiger charge is -2.35. The van der Waals surface area contributed by atoms with Crippen molar-refractivity contribution in [2.24, 2.45) is 5.41 Å². The highest BCUT2D eigenvalue weighted by Gasteiger charge is 2.50. The Morgan fingerprint density at radius 2 is 1.80 bits per heavy atom. The lowest BCUT2D eigenvalue weighted by Crippen LogP contribution is -2.42. The lowest BCUT2D eigenvalue weighted by molar-refractivity contribution is -0.138. The first kappa shape index (κ1) is 30.8. The Bertz CT molecular complexity index is 1840. The number of benzene rings is 2. The zero-order valence-corrected chi connectivity index (χ0v) is 27.3. The van der Waals surface area contributed by atoms with Crippen LogP contribution in [-0.4, -0.2) is 64.3 Å². The fourth-order valence-electron chi connectivity index (χ4n) is 6.28. The van der Waals surface area contributed by atoms with E-state index in [0.717, 1.165) is 50.8 Å². The number of aromatic nitrogens is 4. The number of methoxy groups -OCH3 is 1. The first-order chi connectivity index (χ1) is 21.6. The van der Waals surface area contributed by atoms with Crippen LogP contribution in [0.15, 0.2) is 53.6 Å². The monoisotopic (exact) mass is 631 g/mol. The number of aryl methyl sites for hydroxylation is 1. The number of carbonyl (C=O) groups excluding carboxylic acids is 1. The largest absolute Gasteiger partial charge is 0.495 e. The number of sulfone groups is 1. The summed E-state index contributed by atoms with van der Waals surface area (Å²) in [6.45, 7) is 9.09. The van der Waals surface area contributed by atoms with Crippen molar-refractivity contribution in [3.63, 3.8) is 0 Å².